The highest BCUT2D eigenvalue weighted by atomic mass is 19.1. The summed E-state index contributed by atoms with van der Waals surface area (Å²) >= 11 is 0. The number of hydrogen-bond acceptors (Lipinski definition) is 3. The van der Waals surface area contributed by atoms with E-state index in [4.69, 9.17) is 4.74 Å². The summed E-state index contributed by atoms with van der Waals surface area (Å²) in [7, 11) is 0. The Morgan fingerprint density at radius 1 is 1.29 bits per heavy atom. The Labute approximate surface area is 123 Å². The molecule has 1 fully saturated rings. The molecule has 1 amide bonds. The first kappa shape index (κ1) is 14.0. The van der Waals surface area contributed by atoms with Crippen molar-refractivity contribution >= 4 is 12.3 Å². The van der Waals surface area contributed by atoms with Crippen LogP contribution in [0.2, 0.25) is 0 Å². The highest BCUT2D eigenvalue weighted by Gasteiger charge is 2.37. The van der Waals surface area contributed by atoms with Gasteiger partial charge < -0.3 is 9.64 Å². The second-order valence-electron chi connectivity index (χ2n) is 5.82. The van der Waals surface area contributed by atoms with Crippen molar-refractivity contribution in [3.8, 4) is 0 Å². The van der Waals surface area contributed by atoms with Gasteiger partial charge in [-0.2, -0.15) is 0 Å². The van der Waals surface area contributed by atoms with Crippen molar-refractivity contribution < 1.29 is 13.9 Å². The Hall–Kier alpha value is -1.91. The van der Waals surface area contributed by atoms with Crippen LogP contribution in [-0.2, 0) is 9.53 Å². The molecule has 0 saturated carbocycles. The van der Waals surface area contributed by atoms with Crippen molar-refractivity contribution in [1.82, 2.24) is 4.90 Å². The van der Waals surface area contributed by atoms with Crippen LogP contribution in [0.1, 0.15) is 31.4 Å². The maximum absolute atomic E-state index is 13.0. The molecule has 0 aromatic heterocycles. The number of rotatable bonds is 2. The van der Waals surface area contributed by atoms with Crippen LogP contribution in [0.5, 0.6) is 0 Å². The number of hydrogen-bond donors (Lipinski definition) is 0. The Morgan fingerprint density at radius 2 is 1.95 bits per heavy atom. The third-order valence-corrected chi connectivity index (χ3v) is 4.26. The number of amides is 1. The molecule has 112 valence electrons. The number of likely N-dealkylation sites (tertiary alicyclic amines) is 1. The van der Waals surface area contributed by atoms with Crippen molar-refractivity contribution in [2.45, 2.75) is 31.9 Å². The first-order chi connectivity index (χ1) is 10.1. The number of halogens is 1. The zero-order chi connectivity index (χ0) is 14.8. The van der Waals surface area contributed by atoms with Crippen molar-refractivity contribution in [1.29, 1.82) is 0 Å². The van der Waals surface area contributed by atoms with Gasteiger partial charge in [-0.1, -0.05) is 19.1 Å². The zero-order valence-electron chi connectivity index (χ0n) is 12.0. The second kappa shape index (κ2) is 5.84. The highest BCUT2D eigenvalue weighted by molar-refractivity contribution is 5.85. The van der Waals surface area contributed by atoms with Crippen molar-refractivity contribution in [3.05, 3.63) is 35.6 Å². The van der Waals surface area contributed by atoms with Crippen LogP contribution in [0.4, 0.5) is 4.39 Å². The first-order valence-electron chi connectivity index (χ1n) is 7.36. The normalized spacial score (nSPS) is 25.9. The molecule has 1 aromatic rings. The zero-order valence-corrected chi connectivity index (χ0v) is 12.0. The SMILES string of the molecule is CC1CCN(C(=O)[C@@H]2N=CO[C@H]2c2ccc(F)cc2)CC1. The number of aliphatic imine (C=N–C) groups is 1. The lowest BCUT2D eigenvalue weighted by Gasteiger charge is -2.32. The fourth-order valence-corrected chi connectivity index (χ4v) is 2.84. The van der Waals surface area contributed by atoms with Crippen molar-refractivity contribution in [2.75, 3.05) is 13.1 Å². The van der Waals surface area contributed by atoms with Gasteiger partial charge in [-0.05, 0) is 36.5 Å². The summed E-state index contributed by atoms with van der Waals surface area (Å²) in [6.45, 7) is 3.77. The molecular weight excluding hydrogens is 271 g/mol. The monoisotopic (exact) mass is 290 g/mol. The minimum absolute atomic E-state index is 0.00461. The predicted octanol–water partition coefficient (Wildman–Crippen LogP) is 2.55. The largest absolute Gasteiger partial charge is 0.473 e. The molecule has 0 spiro atoms. The van der Waals surface area contributed by atoms with E-state index in [2.05, 4.69) is 11.9 Å². The van der Waals surface area contributed by atoms with Crippen molar-refractivity contribution in [3.63, 3.8) is 0 Å². The summed E-state index contributed by atoms with van der Waals surface area (Å²) in [5.74, 6) is 0.376. The topological polar surface area (TPSA) is 41.9 Å². The van der Waals surface area contributed by atoms with E-state index in [-0.39, 0.29) is 11.7 Å². The van der Waals surface area contributed by atoms with Crippen LogP contribution >= 0.6 is 0 Å². The van der Waals surface area contributed by atoms with E-state index in [9.17, 15) is 9.18 Å². The summed E-state index contributed by atoms with van der Waals surface area (Å²) in [6.07, 6.45) is 2.95. The molecule has 1 aromatic carbocycles. The molecule has 2 heterocycles. The molecule has 5 heteroatoms. The summed E-state index contributed by atoms with van der Waals surface area (Å²) in [4.78, 5) is 18.7. The van der Waals surface area contributed by atoms with Crippen LogP contribution in [0, 0.1) is 11.7 Å². The smallest absolute Gasteiger partial charge is 0.251 e. The second-order valence-corrected chi connectivity index (χ2v) is 5.82. The summed E-state index contributed by atoms with van der Waals surface area (Å²) in [5.41, 5.74) is 0.776. The molecule has 21 heavy (non-hydrogen) atoms. The minimum atomic E-state index is -0.552. The molecule has 3 rings (SSSR count). The quantitative estimate of drug-likeness (QED) is 0.840. The van der Waals surface area contributed by atoms with Gasteiger partial charge >= 0.3 is 0 Å². The van der Waals surface area contributed by atoms with Crippen LogP contribution in [0.3, 0.4) is 0 Å². The molecule has 0 bridgehead atoms. The van der Waals surface area contributed by atoms with Crippen molar-refractivity contribution in [2.24, 2.45) is 10.9 Å². The van der Waals surface area contributed by atoms with Crippen LogP contribution < -0.4 is 0 Å². The maximum Gasteiger partial charge on any atom is 0.251 e. The van der Waals surface area contributed by atoms with E-state index in [0.29, 0.717) is 5.92 Å². The summed E-state index contributed by atoms with van der Waals surface area (Å²) in [5, 5.41) is 0. The Balaban J connectivity index is 1.72. The van der Waals surface area contributed by atoms with Gasteiger partial charge in [-0.3, -0.25) is 4.79 Å². The lowest BCUT2D eigenvalue weighted by molar-refractivity contribution is -0.135. The number of ether oxygens (including phenoxy) is 1. The van der Waals surface area contributed by atoms with Gasteiger partial charge in [0.2, 0.25) is 0 Å². The van der Waals surface area contributed by atoms with E-state index in [0.717, 1.165) is 31.5 Å². The Kier molecular flexibility index (Phi) is 3.90. The van der Waals surface area contributed by atoms with Crippen LogP contribution in [0.25, 0.3) is 0 Å². The molecule has 1 saturated heterocycles. The third kappa shape index (κ3) is 2.91. The van der Waals surface area contributed by atoms with E-state index in [1.165, 1.54) is 18.5 Å². The number of carbonyl (C=O) groups is 1. The molecule has 2 atom stereocenters. The van der Waals surface area contributed by atoms with E-state index >= 15 is 0 Å². The molecule has 2 aliphatic rings. The molecule has 4 nitrogen and oxygen atoms in total. The summed E-state index contributed by atoms with van der Waals surface area (Å²) < 4.78 is 18.5. The molecule has 0 unspecified atom stereocenters. The number of benzene rings is 1. The highest BCUT2D eigenvalue weighted by Crippen LogP contribution is 2.29. The minimum Gasteiger partial charge on any atom is -0.473 e. The number of piperidine rings is 1. The molecule has 2 aliphatic heterocycles. The van der Waals surface area contributed by atoms with Crippen LogP contribution in [-0.4, -0.2) is 36.3 Å². The van der Waals surface area contributed by atoms with Gasteiger partial charge in [0.25, 0.3) is 5.91 Å². The van der Waals surface area contributed by atoms with Gasteiger partial charge in [0.15, 0.2) is 18.5 Å². The van der Waals surface area contributed by atoms with Gasteiger partial charge in [-0.25, -0.2) is 9.38 Å². The average molecular weight is 290 g/mol. The number of nitrogens with zero attached hydrogens (tertiary/aromatic N) is 2. The van der Waals surface area contributed by atoms with Gasteiger partial charge in [-0.15, -0.1) is 0 Å². The molecule has 0 aliphatic carbocycles. The van der Waals surface area contributed by atoms with Gasteiger partial charge in [0, 0.05) is 13.1 Å². The predicted molar refractivity (Wildman–Crippen MR) is 77.5 cm³/mol. The molecule has 0 N–H and O–H groups in total. The van der Waals surface area contributed by atoms with Crippen LogP contribution in [0.15, 0.2) is 29.3 Å². The Bertz CT molecular complexity index is 536. The fourth-order valence-electron chi connectivity index (χ4n) is 2.84. The van der Waals surface area contributed by atoms with Gasteiger partial charge in [0.05, 0.1) is 0 Å². The lowest BCUT2D eigenvalue weighted by Crippen LogP contribution is -2.44. The summed E-state index contributed by atoms with van der Waals surface area (Å²) in [6, 6.07) is 5.49. The standard InChI is InChI=1S/C16H19FN2O2/c1-11-6-8-19(9-7-11)16(20)14-15(21-10-18-14)12-2-4-13(17)5-3-12/h2-5,10-11,14-15H,6-9H2,1H3/t14-,15+/m1/s1. The number of carbonyl (C=O) groups excluding carboxylic acids is 1. The van der Waals surface area contributed by atoms with E-state index in [1.54, 1.807) is 12.1 Å². The molecular formula is C16H19FN2O2. The average Bonchev–Trinajstić information content (AvgIpc) is 2.97. The fraction of sp³-hybridized carbons (Fsp3) is 0.500. The van der Waals surface area contributed by atoms with E-state index in [1.807, 2.05) is 4.90 Å². The third-order valence-electron chi connectivity index (χ3n) is 4.26. The Morgan fingerprint density at radius 3 is 2.62 bits per heavy atom. The van der Waals surface area contributed by atoms with E-state index < -0.39 is 12.1 Å². The first-order valence-corrected chi connectivity index (χ1v) is 7.36. The molecule has 0 radical (unpaired) electrons. The maximum atomic E-state index is 13.0. The lowest BCUT2D eigenvalue weighted by atomic mass is 9.97. The van der Waals surface area contributed by atoms with Gasteiger partial charge in [0.1, 0.15) is 5.82 Å².